The summed E-state index contributed by atoms with van der Waals surface area (Å²) in [7, 11) is -1.71. The first-order chi connectivity index (χ1) is 12.7. The van der Waals surface area contributed by atoms with Crippen molar-refractivity contribution in [3.63, 3.8) is 0 Å². The summed E-state index contributed by atoms with van der Waals surface area (Å²) >= 11 is 0. The highest BCUT2D eigenvalue weighted by Crippen LogP contribution is 2.17. The molecule has 0 spiro atoms. The zero-order valence-corrected chi connectivity index (χ0v) is 16.9. The molecule has 0 aliphatic rings. The molecule has 0 heterocycles. The van der Waals surface area contributed by atoms with E-state index in [2.05, 4.69) is 13.8 Å². The summed E-state index contributed by atoms with van der Waals surface area (Å²) in [6.07, 6.45) is 0.724. The van der Waals surface area contributed by atoms with Crippen LogP contribution in [-0.4, -0.2) is 38.9 Å². The van der Waals surface area contributed by atoms with Crippen LogP contribution in [0, 0.1) is 5.92 Å². The summed E-state index contributed by atoms with van der Waals surface area (Å²) in [6.45, 7) is 4.68. The molecule has 6 heteroatoms. The number of amides is 1. The van der Waals surface area contributed by atoms with Crippen LogP contribution in [0.1, 0.15) is 36.2 Å². The van der Waals surface area contributed by atoms with Crippen LogP contribution >= 0.6 is 0 Å². The van der Waals surface area contributed by atoms with E-state index in [9.17, 15) is 13.2 Å². The molecule has 27 heavy (non-hydrogen) atoms. The number of nitrogens with zero attached hydrogens (tertiary/aromatic N) is 1. The topological polar surface area (TPSA) is 80.5 Å². The van der Waals surface area contributed by atoms with E-state index in [1.807, 2.05) is 0 Å². The minimum absolute atomic E-state index is 0.0441. The number of sulfone groups is 1. The van der Waals surface area contributed by atoms with Crippen LogP contribution in [0.3, 0.4) is 0 Å². The first kappa shape index (κ1) is 21.1. The monoisotopic (exact) mass is 388 g/mol. The van der Waals surface area contributed by atoms with Crippen molar-refractivity contribution in [2.75, 3.05) is 13.6 Å². The summed E-state index contributed by atoms with van der Waals surface area (Å²) in [4.78, 5) is 14.6. The van der Waals surface area contributed by atoms with Gasteiger partial charge < -0.3 is 10.6 Å². The van der Waals surface area contributed by atoms with Gasteiger partial charge in [-0.05, 0) is 42.2 Å². The zero-order valence-electron chi connectivity index (χ0n) is 16.1. The molecule has 2 N–H and O–H groups in total. The fraction of sp³-hybridized carbons (Fsp3) is 0.381. The predicted octanol–water partition coefficient (Wildman–Crippen LogP) is 3.11. The molecule has 5 nitrogen and oxygen atoms in total. The van der Waals surface area contributed by atoms with Crippen molar-refractivity contribution in [2.24, 2.45) is 11.7 Å². The van der Waals surface area contributed by atoms with E-state index in [1.165, 1.54) is 0 Å². The molecule has 2 aromatic carbocycles. The van der Waals surface area contributed by atoms with Gasteiger partial charge in [-0.2, -0.15) is 0 Å². The molecule has 1 atom stereocenters. The van der Waals surface area contributed by atoms with Crippen LogP contribution in [-0.2, 0) is 15.6 Å². The molecule has 0 aliphatic heterocycles. The van der Waals surface area contributed by atoms with Crippen molar-refractivity contribution >= 4 is 15.7 Å². The van der Waals surface area contributed by atoms with Gasteiger partial charge in [0.2, 0.25) is 0 Å². The third-order valence-corrected chi connectivity index (χ3v) is 6.34. The van der Waals surface area contributed by atoms with Gasteiger partial charge in [0.05, 0.1) is 10.6 Å². The molecule has 146 valence electrons. The molecule has 2 rings (SSSR count). The number of benzene rings is 2. The van der Waals surface area contributed by atoms with Gasteiger partial charge >= 0.3 is 0 Å². The summed E-state index contributed by atoms with van der Waals surface area (Å²) in [6, 6.07) is 15.2. The minimum atomic E-state index is -3.45. The lowest BCUT2D eigenvalue weighted by Gasteiger charge is -2.21. The van der Waals surface area contributed by atoms with Gasteiger partial charge in [-0.15, -0.1) is 0 Å². The number of hydrogen-bond donors (Lipinski definition) is 1. The van der Waals surface area contributed by atoms with E-state index < -0.39 is 9.84 Å². The molecule has 0 radical (unpaired) electrons. The Balaban J connectivity index is 2.09. The Morgan fingerprint density at radius 3 is 2.37 bits per heavy atom. The standard InChI is InChI=1S/C21H28N2O3S/c1-16(2)20(22)12-13-23(3)21(24)18-9-7-8-17(14-18)15-27(25,26)19-10-5-4-6-11-19/h4-11,14,16,20H,12-13,15,22H2,1-3H3. The number of carbonyl (C=O) groups excluding carboxylic acids is 1. The van der Waals surface area contributed by atoms with Crippen LogP contribution in [0.2, 0.25) is 0 Å². The second kappa shape index (κ2) is 9.15. The number of rotatable bonds is 8. The van der Waals surface area contributed by atoms with Crippen molar-refractivity contribution in [2.45, 2.75) is 37.0 Å². The first-order valence-corrected chi connectivity index (χ1v) is 10.7. The van der Waals surface area contributed by atoms with Crippen LogP contribution in [0.5, 0.6) is 0 Å². The van der Waals surface area contributed by atoms with Crippen molar-refractivity contribution in [1.29, 1.82) is 0 Å². The molecule has 1 amide bonds. The third kappa shape index (κ3) is 5.91. The molecular weight excluding hydrogens is 360 g/mol. The highest BCUT2D eigenvalue weighted by atomic mass is 32.2. The average molecular weight is 389 g/mol. The lowest BCUT2D eigenvalue weighted by atomic mass is 10.0. The molecule has 0 aromatic heterocycles. The molecule has 0 saturated heterocycles. The average Bonchev–Trinajstić information content (AvgIpc) is 2.65. The second-order valence-electron chi connectivity index (χ2n) is 7.20. The Bertz CT molecular complexity index is 864. The van der Waals surface area contributed by atoms with Gasteiger partial charge in [-0.1, -0.05) is 44.2 Å². The molecular formula is C21H28N2O3S. The van der Waals surface area contributed by atoms with Gasteiger partial charge in [0.15, 0.2) is 9.84 Å². The molecule has 0 bridgehead atoms. The van der Waals surface area contributed by atoms with Gasteiger partial charge in [-0.25, -0.2) is 8.42 Å². The quantitative estimate of drug-likeness (QED) is 0.753. The largest absolute Gasteiger partial charge is 0.342 e. The fourth-order valence-electron chi connectivity index (χ4n) is 2.72. The summed E-state index contributed by atoms with van der Waals surface area (Å²) < 4.78 is 25.1. The number of carbonyl (C=O) groups is 1. The van der Waals surface area contributed by atoms with Gasteiger partial charge in [0.1, 0.15) is 0 Å². The summed E-state index contributed by atoms with van der Waals surface area (Å²) in [5.41, 5.74) is 7.12. The maximum absolute atomic E-state index is 12.7. The second-order valence-corrected chi connectivity index (χ2v) is 9.19. The van der Waals surface area contributed by atoms with Crippen LogP contribution in [0.15, 0.2) is 59.5 Å². The highest BCUT2D eigenvalue weighted by Gasteiger charge is 2.18. The van der Waals surface area contributed by atoms with Crippen molar-refractivity contribution in [3.05, 3.63) is 65.7 Å². The van der Waals surface area contributed by atoms with E-state index in [0.29, 0.717) is 23.6 Å². The zero-order chi connectivity index (χ0) is 20.0. The summed E-state index contributed by atoms with van der Waals surface area (Å²) in [5.74, 6) is 0.0880. The lowest BCUT2D eigenvalue weighted by Crippen LogP contribution is -2.34. The number of nitrogens with two attached hydrogens (primary N) is 1. The predicted molar refractivity (Wildman–Crippen MR) is 108 cm³/mol. The van der Waals surface area contributed by atoms with Crippen LogP contribution < -0.4 is 5.73 Å². The Morgan fingerprint density at radius 2 is 1.74 bits per heavy atom. The minimum Gasteiger partial charge on any atom is -0.342 e. The first-order valence-electron chi connectivity index (χ1n) is 9.08. The Labute approximate surface area is 162 Å². The van der Waals surface area contributed by atoms with E-state index in [-0.39, 0.29) is 22.6 Å². The van der Waals surface area contributed by atoms with Crippen molar-refractivity contribution in [1.82, 2.24) is 4.90 Å². The van der Waals surface area contributed by atoms with Crippen molar-refractivity contribution in [3.8, 4) is 0 Å². The van der Waals surface area contributed by atoms with Crippen LogP contribution in [0.25, 0.3) is 0 Å². The molecule has 2 aromatic rings. The fourth-order valence-corrected chi connectivity index (χ4v) is 4.08. The molecule has 0 fully saturated rings. The Kier molecular flexibility index (Phi) is 7.16. The van der Waals surface area contributed by atoms with Gasteiger partial charge in [-0.3, -0.25) is 4.79 Å². The third-order valence-electron chi connectivity index (χ3n) is 4.63. The molecule has 1 unspecified atom stereocenters. The van der Waals surface area contributed by atoms with Gasteiger partial charge in [0, 0.05) is 25.2 Å². The van der Waals surface area contributed by atoms with Crippen molar-refractivity contribution < 1.29 is 13.2 Å². The maximum atomic E-state index is 12.7. The lowest BCUT2D eigenvalue weighted by molar-refractivity contribution is 0.0789. The van der Waals surface area contributed by atoms with E-state index >= 15 is 0 Å². The Morgan fingerprint density at radius 1 is 1.07 bits per heavy atom. The smallest absolute Gasteiger partial charge is 0.253 e. The van der Waals surface area contributed by atoms with E-state index in [4.69, 9.17) is 5.73 Å². The number of hydrogen-bond acceptors (Lipinski definition) is 4. The van der Waals surface area contributed by atoms with Crippen LogP contribution in [0.4, 0.5) is 0 Å². The van der Waals surface area contributed by atoms with E-state index in [0.717, 1.165) is 6.42 Å². The van der Waals surface area contributed by atoms with Gasteiger partial charge in [0.25, 0.3) is 5.91 Å². The SMILES string of the molecule is CC(C)C(N)CCN(C)C(=O)c1cccc(CS(=O)(=O)c2ccccc2)c1. The Hall–Kier alpha value is -2.18. The summed E-state index contributed by atoms with van der Waals surface area (Å²) in [5, 5.41) is 0. The normalized spacial score (nSPS) is 12.8. The molecule has 0 aliphatic carbocycles. The highest BCUT2D eigenvalue weighted by molar-refractivity contribution is 7.90. The molecule has 0 saturated carbocycles. The van der Waals surface area contributed by atoms with E-state index in [1.54, 1.807) is 66.5 Å². The maximum Gasteiger partial charge on any atom is 0.253 e.